The third-order valence-electron chi connectivity index (χ3n) is 2.37. The fourth-order valence-corrected chi connectivity index (χ4v) is 2.12. The van der Waals surface area contributed by atoms with Gasteiger partial charge in [-0.3, -0.25) is 4.79 Å². The average Bonchev–Trinajstić information content (AvgIpc) is 2.26. The van der Waals surface area contributed by atoms with Gasteiger partial charge in [-0.2, -0.15) is 0 Å². The van der Waals surface area contributed by atoms with E-state index in [0.29, 0.717) is 17.9 Å². The molecule has 0 heterocycles. The Balaban J connectivity index is 2.32. The van der Waals surface area contributed by atoms with E-state index in [0.717, 1.165) is 11.8 Å². The molecule has 0 atom stereocenters. The molecular weight excluding hydrogens is 274 g/mol. The monoisotopic (exact) mass is 289 g/mol. The van der Waals surface area contributed by atoms with Crippen LogP contribution in [0.15, 0.2) is 24.3 Å². The van der Waals surface area contributed by atoms with E-state index in [-0.39, 0.29) is 18.2 Å². The van der Waals surface area contributed by atoms with Gasteiger partial charge in [0.2, 0.25) is 5.91 Å². The number of aryl methyl sites for hydroxylation is 1. The summed E-state index contributed by atoms with van der Waals surface area (Å²) in [7, 11) is -3.03. The van der Waals surface area contributed by atoms with E-state index < -0.39 is 9.84 Å². The number of hydrogen-bond donors (Lipinski definition) is 1. The number of sulfone groups is 1. The summed E-state index contributed by atoms with van der Waals surface area (Å²) in [6.07, 6.45) is 1.99. The Morgan fingerprint density at radius 2 is 2.00 bits per heavy atom. The highest BCUT2D eigenvalue weighted by atomic mass is 35.5. The maximum atomic E-state index is 11.5. The summed E-state index contributed by atoms with van der Waals surface area (Å²) in [5, 5.41) is 3.21. The number of rotatable bonds is 6. The summed E-state index contributed by atoms with van der Waals surface area (Å²) in [6.45, 7) is 0.153. The number of carbonyl (C=O) groups excluding carboxylic acids is 1. The molecule has 0 unspecified atom stereocenters. The van der Waals surface area contributed by atoms with E-state index in [1.165, 1.54) is 0 Å². The maximum absolute atomic E-state index is 11.5. The van der Waals surface area contributed by atoms with Crippen molar-refractivity contribution in [3.05, 3.63) is 34.9 Å². The number of nitrogens with one attached hydrogen (secondary N) is 1. The lowest BCUT2D eigenvalue weighted by molar-refractivity contribution is -0.120. The number of hydrogen-bond acceptors (Lipinski definition) is 3. The lowest BCUT2D eigenvalue weighted by Crippen LogP contribution is -2.28. The molecule has 1 amide bonds. The summed E-state index contributed by atoms with van der Waals surface area (Å²) in [6, 6.07) is 7.34. The third kappa shape index (κ3) is 6.02. The van der Waals surface area contributed by atoms with E-state index in [1.54, 1.807) is 6.07 Å². The third-order valence-corrected chi connectivity index (χ3v) is 3.69. The van der Waals surface area contributed by atoms with Crippen LogP contribution in [0.3, 0.4) is 0 Å². The molecule has 18 heavy (non-hydrogen) atoms. The van der Waals surface area contributed by atoms with Crippen molar-refractivity contribution in [2.45, 2.75) is 12.8 Å². The normalized spacial score (nSPS) is 11.2. The van der Waals surface area contributed by atoms with Crippen molar-refractivity contribution in [2.24, 2.45) is 0 Å². The molecule has 4 nitrogen and oxygen atoms in total. The molecule has 0 fully saturated rings. The van der Waals surface area contributed by atoms with Crippen molar-refractivity contribution in [3.8, 4) is 0 Å². The van der Waals surface area contributed by atoms with Gasteiger partial charge in [-0.25, -0.2) is 8.42 Å². The van der Waals surface area contributed by atoms with Crippen molar-refractivity contribution in [2.75, 3.05) is 18.6 Å². The van der Waals surface area contributed by atoms with Gasteiger partial charge in [-0.15, -0.1) is 0 Å². The van der Waals surface area contributed by atoms with E-state index >= 15 is 0 Å². The van der Waals surface area contributed by atoms with Crippen molar-refractivity contribution in [1.82, 2.24) is 5.32 Å². The van der Waals surface area contributed by atoms with Crippen LogP contribution >= 0.6 is 11.6 Å². The van der Waals surface area contributed by atoms with Crippen LogP contribution in [0.25, 0.3) is 0 Å². The number of benzene rings is 1. The number of halogens is 1. The molecule has 0 saturated carbocycles. The van der Waals surface area contributed by atoms with Crippen LogP contribution in [0, 0.1) is 0 Å². The Labute approximate surface area is 112 Å². The summed E-state index contributed by atoms with van der Waals surface area (Å²) in [5.74, 6) is -0.205. The summed E-state index contributed by atoms with van der Waals surface area (Å²) in [4.78, 5) is 11.5. The van der Waals surface area contributed by atoms with Gasteiger partial charge in [-0.05, 0) is 18.1 Å². The van der Waals surface area contributed by atoms with Gasteiger partial charge in [0.25, 0.3) is 0 Å². The molecule has 1 N–H and O–H groups in total. The minimum absolute atomic E-state index is 0.0369. The van der Waals surface area contributed by atoms with E-state index in [2.05, 4.69) is 5.32 Å². The lowest BCUT2D eigenvalue weighted by Gasteiger charge is -2.05. The Morgan fingerprint density at radius 3 is 2.61 bits per heavy atom. The van der Waals surface area contributed by atoms with Crippen LogP contribution in [0.5, 0.6) is 0 Å². The predicted octanol–water partition coefficient (Wildman–Crippen LogP) is 1.43. The molecule has 1 aromatic carbocycles. The molecule has 100 valence electrons. The molecule has 6 heteroatoms. The van der Waals surface area contributed by atoms with Crippen LogP contribution in [-0.2, 0) is 21.1 Å². The minimum atomic E-state index is -3.03. The first kappa shape index (κ1) is 15.0. The Hall–Kier alpha value is -1.07. The second-order valence-electron chi connectivity index (χ2n) is 4.07. The Kier molecular flexibility index (Phi) is 5.62. The SMILES string of the molecule is CS(=O)(=O)CCNC(=O)CCc1ccccc1Cl. The highest BCUT2D eigenvalue weighted by Gasteiger charge is 2.06. The van der Waals surface area contributed by atoms with Gasteiger partial charge in [-0.1, -0.05) is 29.8 Å². The van der Waals surface area contributed by atoms with Crippen LogP contribution in [0.4, 0.5) is 0 Å². The topological polar surface area (TPSA) is 63.2 Å². The zero-order valence-electron chi connectivity index (χ0n) is 10.1. The molecule has 0 aliphatic carbocycles. The van der Waals surface area contributed by atoms with Crippen molar-refractivity contribution < 1.29 is 13.2 Å². The van der Waals surface area contributed by atoms with Crippen LogP contribution in [0.2, 0.25) is 5.02 Å². The Bertz CT molecular complexity index is 514. The van der Waals surface area contributed by atoms with Crippen molar-refractivity contribution in [1.29, 1.82) is 0 Å². The maximum Gasteiger partial charge on any atom is 0.220 e. The van der Waals surface area contributed by atoms with Gasteiger partial charge in [0.1, 0.15) is 9.84 Å². The molecule has 0 saturated heterocycles. The highest BCUT2D eigenvalue weighted by molar-refractivity contribution is 7.90. The van der Waals surface area contributed by atoms with E-state index in [9.17, 15) is 13.2 Å². The van der Waals surface area contributed by atoms with Crippen molar-refractivity contribution in [3.63, 3.8) is 0 Å². The summed E-state index contributed by atoms with van der Waals surface area (Å²) >= 11 is 5.96. The summed E-state index contributed by atoms with van der Waals surface area (Å²) in [5.41, 5.74) is 0.914. The second kappa shape index (κ2) is 6.75. The largest absolute Gasteiger partial charge is 0.355 e. The first-order valence-corrected chi connectivity index (χ1v) is 8.00. The molecule has 1 aromatic rings. The van der Waals surface area contributed by atoms with Crippen LogP contribution in [0.1, 0.15) is 12.0 Å². The fraction of sp³-hybridized carbons (Fsp3) is 0.417. The predicted molar refractivity (Wildman–Crippen MR) is 72.5 cm³/mol. The van der Waals surface area contributed by atoms with E-state index in [4.69, 9.17) is 11.6 Å². The molecule has 1 rings (SSSR count). The van der Waals surface area contributed by atoms with E-state index in [1.807, 2.05) is 18.2 Å². The molecule has 0 aliphatic heterocycles. The average molecular weight is 290 g/mol. The molecule has 0 spiro atoms. The second-order valence-corrected chi connectivity index (χ2v) is 6.74. The van der Waals surface area contributed by atoms with Crippen LogP contribution in [-0.4, -0.2) is 32.9 Å². The molecule has 0 bridgehead atoms. The zero-order valence-corrected chi connectivity index (χ0v) is 11.7. The van der Waals surface area contributed by atoms with Crippen molar-refractivity contribution >= 4 is 27.3 Å². The van der Waals surface area contributed by atoms with Gasteiger partial charge in [0.05, 0.1) is 5.75 Å². The smallest absolute Gasteiger partial charge is 0.220 e. The number of amides is 1. The van der Waals surface area contributed by atoms with Gasteiger partial charge >= 0.3 is 0 Å². The highest BCUT2D eigenvalue weighted by Crippen LogP contribution is 2.16. The first-order valence-electron chi connectivity index (χ1n) is 5.56. The van der Waals surface area contributed by atoms with Gasteiger partial charge in [0, 0.05) is 24.2 Å². The number of carbonyl (C=O) groups is 1. The Morgan fingerprint density at radius 1 is 1.33 bits per heavy atom. The molecule has 0 aliphatic rings. The van der Waals surface area contributed by atoms with Gasteiger partial charge < -0.3 is 5.32 Å². The van der Waals surface area contributed by atoms with Gasteiger partial charge in [0.15, 0.2) is 0 Å². The fourth-order valence-electron chi connectivity index (χ4n) is 1.41. The standard InChI is InChI=1S/C12H16ClNO3S/c1-18(16,17)9-8-14-12(15)7-6-10-4-2-3-5-11(10)13/h2-5H,6-9H2,1H3,(H,14,15). The van der Waals surface area contributed by atoms with Crippen LogP contribution < -0.4 is 5.32 Å². The molecule has 0 aromatic heterocycles. The zero-order chi connectivity index (χ0) is 13.6. The quantitative estimate of drug-likeness (QED) is 0.862. The first-order chi connectivity index (χ1) is 8.38. The molecule has 0 radical (unpaired) electrons. The minimum Gasteiger partial charge on any atom is -0.355 e. The summed E-state index contributed by atoms with van der Waals surface area (Å²) < 4.78 is 21.7. The lowest BCUT2D eigenvalue weighted by atomic mass is 10.1. The molecular formula is C12H16ClNO3S.